The van der Waals surface area contributed by atoms with Crippen molar-refractivity contribution in [2.24, 2.45) is 0 Å². The van der Waals surface area contributed by atoms with Crippen LogP contribution in [0.15, 0.2) is 0 Å². The Morgan fingerprint density at radius 2 is 1.93 bits per heavy atom. The van der Waals surface area contributed by atoms with E-state index < -0.39 is 5.92 Å². The Balaban J connectivity index is 2.02. The highest BCUT2D eigenvalue weighted by Crippen LogP contribution is 2.31. The molecular formula is C7H10F2N4S. The zero-order valence-corrected chi connectivity index (χ0v) is 8.23. The summed E-state index contributed by atoms with van der Waals surface area (Å²) in [5, 5.41) is 8.47. The molecule has 4 nitrogen and oxygen atoms in total. The zero-order chi connectivity index (χ0) is 10.2. The second-order valence-corrected chi connectivity index (χ2v) is 4.25. The second kappa shape index (κ2) is 3.30. The molecular weight excluding hydrogens is 210 g/mol. The molecule has 1 aromatic rings. The van der Waals surface area contributed by atoms with Crippen LogP contribution >= 0.6 is 11.3 Å². The van der Waals surface area contributed by atoms with Crippen molar-refractivity contribution < 1.29 is 8.78 Å². The van der Waals surface area contributed by atoms with Crippen molar-refractivity contribution in [2.45, 2.75) is 18.8 Å². The lowest BCUT2D eigenvalue weighted by Gasteiger charge is -2.30. The van der Waals surface area contributed by atoms with E-state index in [1.54, 1.807) is 4.90 Å². The first-order chi connectivity index (χ1) is 6.57. The lowest BCUT2D eigenvalue weighted by molar-refractivity contribution is -0.0220. The molecule has 2 rings (SSSR count). The number of piperidine rings is 1. The standard InChI is InChI=1S/C7H10F2N4S/c8-7(9)1-3-13(4-2-7)6-12-11-5(10)14-6/h1-4H2,(H2,10,11). The number of aromatic nitrogens is 2. The van der Waals surface area contributed by atoms with Gasteiger partial charge in [0.2, 0.25) is 10.3 Å². The van der Waals surface area contributed by atoms with Crippen LogP contribution in [0.3, 0.4) is 0 Å². The summed E-state index contributed by atoms with van der Waals surface area (Å²) in [7, 11) is 0. The van der Waals surface area contributed by atoms with Gasteiger partial charge in [0.05, 0.1) is 0 Å². The van der Waals surface area contributed by atoms with Crippen LogP contribution < -0.4 is 10.6 Å². The number of hydrogen-bond acceptors (Lipinski definition) is 5. The fourth-order valence-corrected chi connectivity index (χ4v) is 2.04. The Kier molecular flexibility index (Phi) is 2.26. The molecule has 1 aliphatic heterocycles. The molecule has 2 N–H and O–H groups in total. The average molecular weight is 220 g/mol. The third kappa shape index (κ3) is 1.92. The molecule has 7 heteroatoms. The number of nitrogen functional groups attached to an aromatic ring is 1. The first-order valence-corrected chi connectivity index (χ1v) is 5.10. The molecule has 1 aromatic heterocycles. The number of anilines is 2. The molecule has 0 bridgehead atoms. The molecule has 0 atom stereocenters. The summed E-state index contributed by atoms with van der Waals surface area (Å²) < 4.78 is 25.6. The third-order valence-electron chi connectivity index (χ3n) is 2.20. The minimum Gasteiger partial charge on any atom is -0.374 e. The van der Waals surface area contributed by atoms with Crippen molar-refractivity contribution in [3.63, 3.8) is 0 Å². The van der Waals surface area contributed by atoms with E-state index in [0.717, 1.165) is 0 Å². The van der Waals surface area contributed by atoms with E-state index in [0.29, 0.717) is 23.4 Å². The summed E-state index contributed by atoms with van der Waals surface area (Å²) in [5.74, 6) is -2.52. The van der Waals surface area contributed by atoms with Crippen LogP contribution in [-0.2, 0) is 0 Å². The van der Waals surface area contributed by atoms with Gasteiger partial charge in [-0.1, -0.05) is 11.3 Å². The first-order valence-electron chi connectivity index (χ1n) is 4.29. The van der Waals surface area contributed by atoms with Gasteiger partial charge in [-0.15, -0.1) is 10.2 Å². The molecule has 14 heavy (non-hydrogen) atoms. The predicted molar refractivity (Wildman–Crippen MR) is 50.7 cm³/mol. The Morgan fingerprint density at radius 1 is 1.29 bits per heavy atom. The summed E-state index contributed by atoms with van der Waals surface area (Å²) in [6, 6.07) is 0. The minimum atomic E-state index is -2.52. The lowest BCUT2D eigenvalue weighted by Crippen LogP contribution is -2.39. The van der Waals surface area contributed by atoms with Gasteiger partial charge in [0, 0.05) is 25.9 Å². The van der Waals surface area contributed by atoms with E-state index in [4.69, 9.17) is 5.73 Å². The van der Waals surface area contributed by atoms with Gasteiger partial charge in [-0.2, -0.15) is 0 Å². The number of alkyl halides is 2. The number of hydrogen-bond donors (Lipinski definition) is 1. The van der Waals surface area contributed by atoms with Crippen LogP contribution in [0.5, 0.6) is 0 Å². The predicted octanol–water partition coefficient (Wildman–Crippen LogP) is 1.36. The highest BCUT2D eigenvalue weighted by atomic mass is 32.1. The highest BCUT2D eigenvalue weighted by Gasteiger charge is 2.34. The number of halogens is 2. The van der Waals surface area contributed by atoms with Crippen molar-refractivity contribution in [3.05, 3.63) is 0 Å². The summed E-state index contributed by atoms with van der Waals surface area (Å²) in [4.78, 5) is 1.80. The Labute approximate surface area is 83.7 Å². The number of nitrogens with two attached hydrogens (primary N) is 1. The van der Waals surface area contributed by atoms with Crippen molar-refractivity contribution in [2.75, 3.05) is 23.7 Å². The molecule has 0 spiro atoms. The fourth-order valence-electron chi connectivity index (χ4n) is 1.38. The normalized spacial score (nSPS) is 21.1. The lowest BCUT2D eigenvalue weighted by atomic mass is 10.1. The quantitative estimate of drug-likeness (QED) is 0.776. The molecule has 1 fully saturated rings. The van der Waals surface area contributed by atoms with Gasteiger partial charge in [0.15, 0.2) is 0 Å². The van der Waals surface area contributed by atoms with Crippen LogP contribution in [0.25, 0.3) is 0 Å². The molecule has 0 amide bonds. The molecule has 0 unspecified atom stereocenters. The molecule has 1 aliphatic rings. The molecule has 0 aromatic carbocycles. The van der Waals surface area contributed by atoms with E-state index in [1.807, 2.05) is 0 Å². The smallest absolute Gasteiger partial charge is 0.251 e. The zero-order valence-electron chi connectivity index (χ0n) is 7.41. The Morgan fingerprint density at radius 3 is 2.43 bits per heavy atom. The van der Waals surface area contributed by atoms with Crippen LogP contribution in [0.1, 0.15) is 12.8 Å². The molecule has 1 saturated heterocycles. The molecule has 2 heterocycles. The third-order valence-corrected chi connectivity index (χ3v) is 3.01. The van der Waals surface area contributed by atoms with E-state index in [-0.39, 0.29) is 12.8 Å². The van der Waals surface area contributed by atoms with Crippen LogP contribution in [0, 0.1) is 0 Å². The fraction of sp³-hybridized carbons (Fsp3) is 0.714. The highest BCUT2D eigenvalue weighted by molar-refractivity contribution is 7.18. The van der Waals surface area contributed by atoms with Crippen molar-refractivity contribution in [1.82, 2.24) is 10.2 Å². The molecule has 0 saturated carbocycles. The summed E-state index contributed by atoms with van der Waals surface area (Å²) in [6.07, 6.45) is -0.237. The minimum absolute atomic E-state index is 0.119. The van der Waals surface area contributed by atoms with Gasteiger partial charge in [-0.3, -0.25) is 0 Å². The van der Waals surface area contributed by atoms with E-state index in [9.17, 15) is 8.78 Å². The monoisotopic (exact) mass is 220 g/mol. The van der Waals surface area contributed by atoms with Gasteiger partial charge in [-0.05, 0) is 0 Å². The molecule has 78 valence electrons. The van der Waals surface area contributed by atoms with Crippen molar-refractivity contribution >= 4 is 21.6 Å². The molecule has 0 radical (unpaired) electrons. The number of nitrogens with zero attached hydrogens (tertiary/aromatic N) is 3. The van der Waals surface area contributed by atoms with Gasteiger partial charge in [-0.25, -0.2) is 8.78 Å². The first kappa shape index (κ1) is 9.57. The second-order valence-electron chi connectivity index (χ2n) is 3.27. The maximum atomic E-state index is 12.8. The maximum absolute atomic E-state index is 12.8. The summed E-state index contributed by atoms with van der Waals surface area (Å²) in [5.41, 5.74) is 5.41. The van der Waals surface area contributed by atoms with Gasteiger partial charge in [0.1, 0.15) is 0 Å². The largest absolute Gasteiger partial charge is 0.374 e. The Bertz CT molecular complexity index is 317. The average Bonchev–Trinajstić information content (AvgIpc) is 2.52. The summed E-state index contributed by atoms with van der Waals surface area (Å²) in [6.45, 7) is 0.642. The maximum Gasteiger partial charge on any atom is 0.251 e. The van der Waals surface area contributed by atoms with Gasteiger partial charge in [0.25, 0.3) is 5.92 Å². The SMILES string of the molecule is Nc1nnc(N2CCC(F)(F)CC2)s1. The van der Waals surface area contributed by atoms with Gasteiger partial charge >= 0.3 is 0 Å². The van der Waals surface area contributed by atoms with Crippen LogP contribution in [0.4, 0.5) is 19.0 Å². The topological polar surface area (TPSA) is 55.0 Å². The van der Waals surface area contributed by atoms with Crippen LogP contribution in [0.2, 0.25) is 0 Å². The van der Waals surface area contributed by atoms with E-state index in [2.05, 4.69) is 10.2 Å². The summed E-state index contributed by atoms with van der Waals surface area (Å²) >= 11 is 1.23. The van der Waals surface area contributed by atoms with Gasteiger partial charge < -0.3 is 10.6 Å². The van der Waals surface area contributed by atoms with Crippen molar-refractivity contribution in [1.29, 1.82) is 0 Å². The van der Waals surface area contributed by atoms with E-state index in [1.165, 1.54) is 11.3 Å². The van der Waals surface area contributed by atoms with Crippen molar-refractivity contribution in [3.8, 4) is 0 Å². The number of rotatable bonds is 1. The van der Waals surface area contributed by atoms with E-state index >= 15 is 0 Å². The Hall–Kier alpha value is -0.980. The van der Waals surface area contributed by atoms with Crippen LogP contribution in [-0.4, -0.2) is 29.2 Å². The molecule has 0 aliphatic carbocycles.